The van der Waals surface area contributed by atoms with Crippen LogP contribution in [0.3, 0.4) is 0 Å². The Bertz CT molecular complexity index is 600. The molecule has 2 N–H and O–H groups in total. The molecule has 5 heteroatoms. The van der Waals surface area contributed by atoms with Gasteiger partial charge in [0.1, 0.15) is 24.0 Å². The average Bonchev–Trinajstić information content (AvgIpc) is 2.41. The minimum absolute atomic E-state index is 0.0488. The van der Waals surface area contributed by atoms with E-state index in [-0.39, 0.29) is 12.2 Å². The van der Waals surface area contributed by atoms with E-state index in [2.05, 4.69) is 5.10 Å². The van der Waals surface area contributed by atoms with Crippen LogP contribution in [0.15, 0.2) is 47.6 Å². The molecule has 0 unspecified atom stereocenters. The molecule has 0 amide bonds. The van der Waals surface area contributed by atoms with Crippen molar-refractivity contribution in [3.63, 3.8) is 0 Å². The van der Waals surface area contributed by atoms with Crippen LogP contribution in [0.5, 0.6) is 5.75 Å². The summed E-state index contributed by atoms with van der Waals surface area (Å²) in [5.74, 6) is 4.58. The summed E-state index contributed by atoms with van der Waals surface area (Å²) < 4.78 is 31.8. The third kappa shape index (κ3) is 3.51. The lowest BCUT2D eigenvalue weighted by atomic mass is 10.2. The zero-order valence-electron chi connectivity index (χ0n) is 10.0. The average molecular weight is 262 g/mol. The van der Waals surface area contributed by atoms with Gasteiger partial charge >= 0.3 is 0 Å². The summed E-state index contributed by atoms with van der Waals surface area (Å²) in [5.41, 5.74) is 0.928. The molecule has 0 saturated carbocycles. The second-order valence-corrected chi connectivity index (χ2v) is 3.88. The van der Waals surface area contributed by atoms with Crippen molar-refractivity contribution in [3.8, 4) is 5.75 Å². The summed E-state index contributed by atoms with van der Waals surface area (Å²) in [6.45, 7) is -0.0488. The van der Waals surface area contributed by atoms with Crippen molar-refractivity contribution >= 4 is 6.21 Å². The summed E-state index contributed by atoms with van der Waals surface area (Å²) in [7, 11) is 0. The highest BCUT2D eigenvalue weighted by molar-refractivity contribution is 5.79. The summed E-state index contributed by atoms with van der Waals surface area (Å²) in [4.78, 5) is 0. The van der Waals surface area contributed by atoms with Crippen LogP contribution in [-0.2, 0) is 6.61 Å². The van der Waals surface area contributed by atoms with Crippen molar-refractivity contribution < 1.29 is 13.5 Å². The summed E-state index contributed by atoms with van der Waals surface area (Å²) in [5, 5.41) is 3.40. The Kier molecular flexibility index (Phi) is 4.07. The van der Waals surface area contributed by atoms with Gasteiger partial charge in [0.25, 0.3) is 0 Å². The number of nitrogens with two attached hydrogens (primary N) is 1. The van der Waals surface area contributed by atoms with E-state index in [4.69, 9.17) is 10.6 Å². The normalized spacial score (nSPS) is 10.8. The molecular weight excluding hydrogens is 250 g/mol. The van der Waals surface area contributed by atoms with Crippen LogP contribution in [0.2, 0.25) is 0 Å². The van der Waals surface area contributed by atoms with Crippen molar-refractivity contribution in [1.29, 1.82) is 0 Å². The monoisotopic (exact) mass is 262 g/mol. The first kappa shape index (κ1) is 13.0. The summed E-state index contributed by atoms with van der Waals surface area (Å²) in [6.07, 6.45) is 1.47. The Labute approximate surface area is 109 Å². The van der Waals surface area contributed by atoms with Crippen LogP contribution in [0.4, 0.5) is 8.78 Å². The van der Waals surface area contributed by atoms with Crippen LogP contribution in [0.1, 0.15) is 11.1 Å². The Balaban J connectivity index is 2.10. The molecule has 2 aromatic rings. The van der Waals surface area contributed by atoms with Crippen LogP contribution in [-0.4, -0.2) is 6.21 Å². The smallest absolute Gasteiger partial charge is 0.130 e. The van der Waals surface area contributed by atoms with E-state index in [9.17, 15) is 8.78 Å². The highest BCUT2D eigenvalue weighted by Crippen LogP contribution is 2.16. The lowest BCUT2D eigenvalue weighted by Gasteiger charge is -2.07. The molecule has 0 saturated heterocycles. The summed E-state index contributed by atoms with van der Waals surface area (Å²) in [6, 6.07) is 10.2. The van der Waals surface area contributed by atoms with E-state index in [0.717, 1.165) is 23.8 Å². The Hall–Kier alpha value is -2.43. The molecule has 0 fully saturated rings. The van der Waals surface area contributed by atoms with Gasteiger partial charge in [-0.3, -0.25) is 0 Å². The van der Waals surface area contributed by atoms with Gasteiger partial charge in [-0.25, -0.2) is 8.78 Å². The SMILES string of the molecule is NN=Cc1cccc(OCc2cc(F)ccc2F)c1. The largest absolute Gasteiger partial charge is 0.489 e. The fourth-order valence-electron chi connectivity index (χ4n) is 1.59. The van der Waals surface area contributed by atoms with E-state index >= 15 is 0 Å². The number of rotatable bonds is 4. The second kappa shape index (κ2) is 5.95. The second-order valence-electron chi connectivity index (χ2n) is 3.88. The molecule has 0 bridgehead atoms. The number of nitrogens with zero attached hydrogens (tertiary/aromatic N) is 1. The first-order valence-corrected chi connectivity index (χ1v) is 5.59. The Morgan fingerprint density at radius 1 is 1.16 bits per heavy atom. The van der Waals surface area contributed by atoms with Gasteiger partial charge in [0.15, 0.2) is 0 Å². The van der Waals surface area contributed by atoms with Gasteiger partial charge in [0.2, 0.25) is 0 Å². The van der Waals surface area contributed by atoms with E-state index in [1.807, 2.05) is 0 Å². The topological polar surface area (TPSA) is 47.6 Å². The number of hydrazone groups is 1. The highest BCUT2D eigenvalue weighted by atomic mass is 19.1. The molecule has 0 spiro atoms. The number of ether oxygens (including phenoxy) is 1. The lowest BCUT2D eigenvalue weighted by Crippen LogP contribution is -1.99. The molecule has 98 valence electrons. The molecule has 2 aromatic carbocycles. The fourth-order valence-corrected chi connectivity index (χ4v) is 1.59. The maximum atomic E-state index is 13.4. The highest BCUT2D eigenvalue weighted by Gasteiger charge is 2.05. The molecular formula is C14H12F2N2O. The number of hydrogen-bond acceptors (Lipinski definition) is 3. The number of halogens is 2. The van der Waals surface area contributed by atoms with Gasteiger partial charge in [0, 0.05) is 5.56 Å². The fraction of sp³-hybridized carbons (Fsp3) is 0.0714. The quantitative estimate of drug-likeness (QED) is 0.523. The maximum absolute atomic E-state index is 13.4. The third-order valence-electron chi connectivity index (χ3n) is 2.48. The van der Waals surface area contributed by atoms with Crippen molar-refractivity contribution in [3.05, 3.63) is 65.2 Å². The molecule has 19 heavy (non-hydrogen) atoms. The van der Waals surface area contributed by atoms with Crippen LogP contribution in [0, 0.1) is 11.6 Å². The van der Waals surface area contributed by atoms with Gasteiger partial charge in [-0.05, 0) is 35.9 Å². The minimum Gasteiger partial charge on any atom is -0.489 e. The molecule has 0 aliphatic heterocycles. The third-order valence-corrected chi connectivity index (χ3v) is 2.48. The van der Waals surface area contributed by atoms with Gasteiger partial charge in [-0.2, -0.15) is 5.10 Å². The van der Waals surface area contributed by atoms with E-state index < -0.39 is 11.6 Å². The van der Waals surface area contributed by atoms with E-state index in [0.29, 0.717) is 5.75 Å². The molecule has 0 aliphatic rings. The molecule has 0 heterocycles. The molecule has 2 rings (SSSR count). The maximum Gasteiger partial charge on any atom is 0.130 e. The van der Waals surface area contributed by atoms with Gasteiger partial charge in [0.05, 0.1) is 6.21 Å². The molecule has 0 aromatic heterocycles. The molecule has 0 atom stereocenters. The predicted molar refractivity (Wildman–Crippen MR) is 68.9 cm³/mol. The van der Waals surface area contributed by atoms with Crippen LogP contribution < -0.4 is 10.6 Å². The van der Waals surface area contributed by atoms with E-state index in [1.54, 1.807) is 24.3 Å². The van der Waals surface area contributed by atoms with Crippen LogP contribution in [0.25, 0.3) is 0 Å². The minimum atomic E-state index is -0.499. The van der Waals surface area contributed by atoms with Crippen molar-refractivity contribution in [2.75, 3.05) is 0 Å². The van der Waals surface area contributed by atoms with Gasteiger partial charge < -0.3 is 10.6 Å². The zero-order valence-corrected chi connectivity index (χ0v) is 10.0. The predicted octanol–water partition coefficient (Wildman–Crippen LogP) is 2.84. The van der Waals surface area contributed by atoms with Gasteiger partial charge in [-0.15, -0.1) is 0 Å². The first-order chi connectivity index (χ1) is 9.19. The standard InChI is InChI=1S/C14H12F2N2O/c15-12-4-5-14(16)11(7-12)9-19-13-3-1-2-10(6-13)8-18-17/h1-8H,9,17H2. The first-order valence-electron chi connectivity index (χ1n) is 5.59. The van der Waals surface area contributed by atoms with Crippen molar-refractivity contribution in [2.24, 2.45) is 10.9 Å². The van der Waals surface area contributed by atoms with E-state index in [1.165, 1.54) is 6.21 Å². The van der Waals surface area contributed by atoms with Crippen molar-refractivity contribution in [1.82, 2.24) is 0 Å². The van der Waals surface area contributed by atoms with Crippen LogP contribution >= 0.6 is 0 Å². The van der Waals surface area contributed by atoms with Gasteiger partial charge in [-0.1, -0.05) is 12.1 Å². The zero-order chi connectivity index (χ0) is 13.7. The van der Waals surface area contributed by atoms with Crippen molar-refractivity contribution in [2.45, 2.75) is 6.61 Å². The molecule has 0 aliphatic carbocycles. The summed E-state index contributed by atoms with van der Waals surface area (Å²) >= 11 is 0. The molecule has 0 radical (unpaired) electrons. The Morgan fingerprint density at radius 3 is 2.79 bits per heavy atom. The molecule has 3 nitrogen and oxygen atoms in total. The number of hydrogen-bond donors (Lipinski definition) is 1. The lowest BCUT2D eigenvalue weighted by molar-refractivity contribution is 0.299. The Morgan fingerprint density at radius 2 is 2.00 bits per heavy atom. The number of benzene rings is 2.